The van der Waals surface area contributed by atoms with Crippen LogP contribution in [-0.2, 0) is 0 Å². The monoisotopic (exact) mass is 739 g/mol. The van der Waals surface area contributed by atoms with E-state index in [4.69, 9.17) is 4.42 Å². The van der Waals surface area contributed by atoms with Crippen LogP contribution in [0.5, 0.6) is 0 Å². The molecule has 0 saturated heterocycles. The Morgan fingerprint density at radius 1 is 0.276 bits per heavy atom. The van der Waals surface area contributed by atoms with Crippen molar-refractivity contribution in [1.29, 1.82) is 0 Å². The number of hydrogen-bond donors (Lipinski definition) is 0. The summed E-state index contributed by atoms with van der Waals surface area (Å²) >= 11 is 0. The second kappa shape index (κ2) is 14.1. The SMILES string of the molecule is c1ccc(-c2ccc(-c3ccc(N(c4ccccc4)c4ccc(-c5ccc6c(c5)oc5c7ccccc7c(-c7ccc8ccccc8c7)cc65)cc4)cc3)cc2)cc1. The molecule has 10 aromatic carbocycles. The van der Waals surface area contributed by atoms with Gasteiger partial charge in [0, 0.05) is 33.2 Å². The molecule has 2 heteroatoms. The average Bonchev–Trinajstić information content (AvgIpc) is 3.68. The van der Waals surface area contributed by atoms with Crippen LogP contribution in [0.4, 0.5) is 17.1 Å². The topological polar surface area (TPSA) is 16.4 Å². The molecule has 0 unspecified atom stereocenters. The lowest BCUT2D eigenvalue weighted by Gasteiger charge is -2.26. The Balaban J connectivity index is 0.923. The van der Waals surface area contributed by atoms with E-state index in [2.05, 4.69) is 229 Å². The summed E-state index contributed by atoms with van der Waals surface area (Å²) in [6.45, 7) is 0. The molecule has 1 aromatic heterocycles. The van der Waals surface area contributed by atoms with Gasteiger partial charge in [-0.2, -0.15) is 0 Å². The lowest BCUT2D eigenvalue weighted by molar-refractivity contribution is 0.673. The highest BCUT2D eigenvalue weighted by Gasteiger charge is 2.17. The maximum absolute atomic E-state index is 6.73. The largest absolute Gasteiger partial charge is 0.455 e. The maximum Gasteiger partial charge on any atom is 0.143 e. The third-order valence-corrected chi connectivity index (χ3v) is 11.5. The van der Waals surface area contributed by atoms with Gasteiger partial charge in [0.05, 0.1) is 0 Å². The molecule has 0 amide bonds. The van der Waals surface area contributed by atoms with Gasteiger partial charge in [0.2, 0.25) is 0 Å². The molecule has 0 spiro atoms. The molecular formula is C56H37NO. The highest BCUT2D eigenvalue weighted by atomic mass is 16.3. The highest BCUT2D eigenvalue weighted by molar-refractivity contribution is 6.19. The number of anilines is 3. The molecule has 0 bridgehead atoms. The number of fused-ring (bicyclic) bond motifs is 6. The quantitative estimate of drug-likeness (QED) is 0.162. The van der Waals surface area contributed by atoms with Gasteiger partial charge in [-0.1, -0.05) is 164 Å². The van der Waals surface area contributed by atoms with Crippen LogP contribution < -0.4 is 4.90 Å². The first-order chi connectivity index (χ1) is 28.7. The zero-order chi connectivity index (χ0) is 38.4. The second-order valence-electron chi connectivity index (χ2n) is 14.9. The molecular weight excluding hydrogens is 703 g/mol. The summed E-state index contributed by atoms with van der Waals surface area (Å²) in [6, 6.07) is 80.5. The Bertz CT molecular complexity index is 3240. The third-order valence-electron chi connectivity index (χ3n) is 11.5. The number of para-hydroxylation sites is 1. The van der Waals surface area contributed by atoms with Crippen LogP contribution in [0, 0.1) is 0 Å². The molecule has 2 nitrogen and oxygen atoms in total. The molecule has 0 fully saturated rings. The van der Waals surface area contributed by atoms with Crippen molar-refractivity contribution in [2.75, 3.05) is 4.90 Å². The van der Waals surface area contributed by atoms with Crippen molar-refractivity contribution in [2.45, 2.75) is 0 Å². The fourth-order valence-corrected chi connectivity index (χ4v) is 8.49. The Kier molecular flexibility index (Phi) is 8.19. The summed E-state index contributed by atoms with van der Waals surface area (Å²) in [5, 5.41) is 7.05. The zero-order valence-corrected chi connectivity index (χ0v) is 31.7. The van der Waals surface area contributed by atoms with Crippen LogP contribution in [0.25, 0.3) is 88.0 Å². The average molecular weight is 740 g/mol. The second-order valence-corrected chi connectivity index (χ2v) is 14.9. The normalized spacial score (nSPS) is 11.4. The number of nitrogens with zero attached hydrogens (tertiary/aromatic N) is 1. The van der Waals surface area contributed by atoms with Crippen molar-refractivity contribution in [3.05, 3.63) is 224 Å². The smallest absolute Gasteiger partial charge is 0.143 e. The fourth-order valence-electron chi connectivity index (χ4n) is 8.49. The summed E-state index contributed by atoms with van der Waals surface area (Å²) in [7, 11) is 0. The molecule has 0 N–H and O–H groups in total. The number of rotatable bonds is 7. The van der Waals surface area contributed by atoms with E-state index in [1.807, 2.05) is 0 Å². The number of furan rings is 1. The molecule has 272 valence electrons. The van der Waals surface area contributed by atoms with Crippen molar-refractivity contribution in [1.82, 2.24) is 0 Å². The summed E-state index contributed by atoms with van der Waals surface area (Å²) in [5.41, 5.74) is 14.6. The molecule has 0 saturated carbocycles. The first kappa shape index (κ1) is 33.6. The van der Waals surface area contributed by atoms with Gasteiger partial charge in [-0.15, -0.1) is 0 Å². The molecule has 0 aliphatic heterocycles. The summed E-state index contributed by atoms with van der Waals surface area (Å²) in [5.74, 6) is 0. The Labute approximate surface area is 337 Å². The summed E-state index contributed by atoms with van der Waals surface area (Å²) < 4.78 is 6.73. The van der Waals surface area contributed by atoms with E-state index in [0.29, 0.717) is 0 Å². The van der Waals surface area contributed by atoms with E-state index in [0.717, 1.165) is 55.5 Å². The van der Waals surface area contributed by atoms with Gasteiger partial charge < -0.3 is 9.32 Å². The number of benzene rings is 10. The van der Waals surface area contributed by atoms with Crippen LogP contribution >= 0.6 is 0 Å². The molecule has 11 aromatic rings. The molecule has 0 aliphatic rings. The van der Waals surface area contributed by atoms with Gasteiger partial charge in [0.15, 0.2) is 0 Å². The van der Waals surface area contributed by atoms with Gasteiger partial charge >= 0.3 is 0 Å². The predicted molar refractivity (Wildman–Crippen MR) is 245 cm³/mol. The van der Waals surface area contributed by atoms with E-state index in [9.17, 15) is 0 Å². The summed E-state index contributed by atoms with van der Waals surface area (Å²) in [6.07, 6.45) is 0. The standard InChI is InChI=1S/C56H37NO/c1-3-11-38(12-4-1)40-19-21-41(22-20-40)42-25-30-48(31-26-42)57(47-15-5-2-6-16-47)49-32-27-43(28-33-49)45-29-34-51-54-37-53(46-24-23-39-13-7-8-14-44(39)35-46)50-17-9-10-18-52(50)56(54)58-55(51)36-45/h1-37H. The van der Waals surface area contributed by atoms with E-state index >= 15 is 0 Å². The van der Waals surface area contributed by atoms with E-state index < -0.39 is 0 Å². The van der Waals surface area contributed by atoms with Crippen LogP contribution in [-0.4, -0.2) is 0 Å². The zero-order valence-electron chi connectivity index (χ0n) is 31.7. The lowest BCUT2D eigenvalue weighted by Crippen LogP contribution is -2.09. The number of hydrogen-bond acceptors (Lipinski definition) is 2. The molecule has 0 aliphatic carbocycles. The van der Waals surface area contributed by atoms with Gasteiger partial charge in [-0.3, -0.25) is 0 Å². The van der Waals surface area contributed by atoms with Gasteiger partial charge in [-0.05, 0) is 121 Å². The fraction of sp³-hybridized carbons (Fsp3) is 0. The molecule has 0 atom stereocenters. The van der Waals surface area contributed by atoms with Crippen molar-refractivity contribution in [3.8, 4) is 44.5 Å². The van der Waals surface area contributed by atoms with Gasteiger partial charge in [0.1, 0.15) is 11.2 Å². The van der Waals surface area contributed by atoms with Crippen molar-refractivity contribution in [2.24, 2.45) is 0 Å². The molecule has 11 rings (SSSR count). The first-order valence-electron chi connectivity index (χ1n) is 19.8. The predicted octanol–water partition coefficient (Wildman–Crippen LogP) is 16.0. The highest BCUT2D eigenvalue weighted by Crippen LogP contribution is 2.42. The van der Waals surface area contributed by atoms with Crippen LogP contribution in [0.1, 0.15) is 0 Å². The van der Waals surface area contributed by atoms with E-state index in [1.165, 1.54) is 49.5 Å². The first-order valence-corrected chi connectivity index (χ1v) is 19.8. The van der Waals surface area contributed by atoms with Gasteiger partial charge in [-0.25, -0.2) is 0 Å². The van der Waals surface area contributed by atoms with Crippen LogP contribution in [0.3, 0.4) is 0 Å². The van der Waals surface area contributed by atoms with Crippen molar-refractivity contribution in [3.63, 3.8) is 0 Å². The minimum atomic E-state index is 0.887. The Hall–Kier alpha value is -7.68. The minimum absolute atomic E-state index is 0.887. The van der Waals surface area contributed by atoms with Crippen LogP contribution in [0.2, 0.25) is 0 Å². The third kappa shape index (κ3) is 6.00. The molecule has 0 radical (unpaired) electrons. The van der Waals surface area contributed by atoms with Crippen molar-refractivity contribution >= 4 is 60.5 Å². The summed E-state index contributed by atoms with van der Waals surface area (Å²) in [4.78, 5) is 2.31. The van der Waals surface area contributed by atoms with Gasteiger partial charge in [0.25, 0.3) is 0 Å². The maximum atomic E-state index is 6.73. The Morgan fingerprint density at radius 2 is 0.759 bits per heavy atom. The van der Waals surface area contributed by atoms with Crippen LogP contribution in [0.15, 0.2) is 229 Å². The molecule has 1 heterocycles. The molecule has 58 heavy (non-hydrogen) atoms. The minimum Gasteiger partial charge on any atom is -0.455 e. The van der Waals surface area contributed by atoms with E-state index in [1.54, 1.807) is 0 Å². The Morgan fingerprint density at radius 3 is 1.43 bits per heavy atom. The van der Waals surface area contributed by atoms with E-state index in [-0.39, 0.29) is 0 Å². The van der Waals surface area contributed by atoms with Crippen molar-refractivity contribution < 1.29 is 4.42 Å². The lowest BCUT2D eigenvalue weighted by atomic mass is 9.94.